The molecule has 1 aromatic heterocycles. The van der Waals surface area contributed by atoms with Crippen molar-refractivity contribution in [2.24, 2.45) is 5.92 Å². The summed E-state index contributed by atoms with van der Waals surface area (Å²) in [6.07, 6.45) is 0.858. The van der Waals surface area contributed by atoms with Gasteiger partial charge in [0.2, 0.25) is 5.91 Å². The zero-order valence-corrected chi connectivity index (χ0v) is 13.7. The minimum absolute atomic E-state index is 0.0374. The monoisotopic (exact) mass is 313 g/mol. The number of likely N-dealkylation sites (tertiary alicyclic amines) is 1. The summed E-state index contributed by atoms with van der Waals surface area (Å²) in [5, 5.41) is 3.93. The number of rotatable bonds is 4. The van der Waals surface area contributed by atoms with Crippen LogP contribution >= 0.6 is 0 Å². The molecule has 0 radical (unpaired) electrons. The van der Waals surface area contributed by atoms with E-state index in [1.807, 2.05) is 38.1 Å². The summed E-state index contributed by atoms with van der Waals surface area (Å²) in [6.45, 7) is 6.77. The van der Waals surface area contributed by atoms with Crippen LogP contribution in [-0.2, 0) is 11.3 Å². The van der Waals surface area contributed by atoms with Crippen LogP contribution in [0.15, 0.2) is 29.1 Å². The Labute approximate surface area is 135 Å². The number of carbonyl (C=O) groups is 1. The zero-order valence-electron chi connectivity index (χ0n) is 13.7. The highest BCUT2D eigenvalue weighted by Crippen LogP contribution is 2.19. The van der Waals surface area contributed by atoms with Gasteiger partial charge in [0.05, 0.1) is 5.92 Å². The Balaban J connectivity index is 1.75. The number of hydrogen-bond acceptors (Lipinski definition) is 3. The molecule has 0 bridgehead atoms. The van der Waals surface area contributed by atoms with Crippen LogP contribution < -0.4 is 10.9 Å². The molecule has 2 aromatic rings. The van der Waals surface area contributed by atoms with Crippen molar-refractivity contribution >= 4 is 16.8 Å². The van der Waals surface area contributed by atoms with E-state index in [1.54, 1.807) is 0 Å². The summed E-state index contributed by atoms with van der Waals surface area (Å²) in [5.41, 5.74) is 2.73. The number of aromatic amines is 1. The second kappa shape index (κ2) is 6.54. The van der Waals surface area contributed by atoms with E-state index < -0.39 is 0 Å². The van der Waals surface area contributed by atoms with Gasteiger partial charge in [0.15, 0.2) is 0 Å². The molecule has 5 nitrogen and oxygen atoms in total. The van der Waals surface area contributed by atoms with E-state index in [-0.39, 0.29) is 17.4 Å². The van der Waals surface area contributed by atoms with E-state index in [0.29, 0.717) is 13.1 Å². The molecule has 1 atom stereocenters. The number of pyridine rings is 1. The van der Waals surface area contributed by atoms with Crippen LogP contribution in [0.3, 0.4) is 0 Å². The van der Waals surface area contributed by atoms with Gasteiger partial charge in [-0.3, -0.25) is 14.5 Å². The third kappa shape index (κ3) is 3.45. The molecule has 1 fully saturated rings. The zero-order chi connectivity index (χ0) is 16.4. The van der Waals surface area contributed by atoms with Crippen molar-refractivity contribution < 1.29 is 4.79 Å². The van der Waals surface area contributed by atoms with Crippen molar-refractivity contribution in [1.82, 2.24) is 15.2 Å². The maximum Gasteiger partial charge on any atom is 0.252 e. The van der Waals surface area contributed by atoms with Crippen LogP contribution in [0.25, 0.3) is 10.9 Å². The lowest BCUT2D eigenvalue weighted by molar-refractivity contribution is -0.124. The van der Waals surface area contributed by atoms with Gasteiger partial charge in [-0.2, -0.15) is 0 Å². The summed E-state index contributed by atoms with van der Waals surface area (Å²) in [5.74, 6) is 0.162. The Morgan fingerprint density at radius 1 is 1.39 bits per heavy atom. The quantitative estimate of drug-likeness (QED) is 0.904. The Hall–Kier alpha value is -2.14. The van der Waals surface area contributed by atoms with E-state index in [4.69, 9.17) is 0 Å². The number of nitrogens with one attached hydrogen (secondary N) is 2. The largest absolute Gasteiger partial charge is 0.356 e. The number of aromatic nitrogens is 1. The summed E-state index contributed by atoms with van der Waals surface area (Å²) < 4.78 is 0. The third-order valence-electron chi connectivity index (χ3n) is 4.47. The fourth-order valence-electron chi connectivity index (χ4n) is 3.23. The van der Waals surface area contributed by atoms with Gasteiger partial charge >= 0.3 is 0 Å². The number of aryl methyl sites for hydroxylation is 1. The van der Waals surface area contributed by atoms with Gasteiger partial charge in [-0.25, -0.2) is 0 Å². The molecule has 122 valence electrons. The van der Waals surface area contributed by atoms with E-state index in [2.05, 4.69) is 15.2 Å². The van der Waals surface area contributed by atoms with Crippen LogP contribution in [0.5, 0.6) is 0 Å². The van der Waals surface area contributed by atoms with Crippen molar-refractivity contribution in [1.29, 1.82) is 0 Å². The topological polar surface area (TPSA) is 65.2 Å². The van der Waals surface area contributed by atoms with Crippen molar-refractivity contribution in [2.45, 2.75) is 26.8 Å². The normalized spacial score (nSPS) is 18.4. The van der Waals surface area contributed by atoms with Gasteiger partial charge in [0.25, 0.3) is 5.56 Å². The molecule has 1 amide bonds. The number of carbonyl (C=O) groups excluding carboxylic acids is 1. The van der Waals surface area contributed by atoms with Gasteiger partial charge in [-0.1, -0.05) is 12.1 Å². The first-order valence-corrected chi connectivity index (χ1v) is 8.19. The summed E-state index contributed by atoms with van der Waals surface area (Å²) >= 11 is 0. The van der Waals surface area contributed by atoms with Gasteiger partial charge in [-0.05, 0) is 49.9 Å². The molecule has 5 heteroatoms. The molecule has 3 rings (SSSR count). The van der Waals surface area contributed by atoms with Gasteiger partial charge in [-0.15, -0.1) is 0 Å². The maximum atomic E-state index is 12.3. The Bertz CT molecular complexity index is 781. The molecule has 1 saturated heterocycles. The second-order valence-electron chi connectivity index (χ2n) is 6.33. The van der Waals surface area contributed by atoms with Gasteiger partial charge in [0, 0.05) is 30.7 Å². The number of H-pyrrole nitrogens is 1. The summed E-state index contributed by atoms with van der Waals surface area (Å²) in [4.78, 5) is 29.4. The minimum Gasteiger partial charge on any atom is -0.356 e. The van der Waals surface area contributed by atoms with Crippen LogP contribution in [0.1, 0.15) is 24.5 Å². The lowest BCUT2D eigenvalue weighted by Gasteiger charge is -2.16. The van der Waals surface area contributed by atoms with Crippen LogP contribution in [-0.4, -0.2) is 35.4 Å². The Morgan fingerprint density at radius 3 is 3.00 bits per heavy atom. The average molecular weight is 313 g/mol. The van der Waals surface area contributed by atoms with Gasteiger partial charge < -0.3 is 10.3 Å². The first kappa shape index (κ1) is 15.7. The predicted molar refractivity (Wildman–Crippen MR) is 91.4 cm³/mol. The van der Waals surface area contributed by atoms with Crippen molar-refractivity contribution in [2.75, 3.05) is 19.6 Å². The van der Waals surface area contributed by atoms with Gasteiger partial charge in [0.1, 0.15) is 0 Å². The SMILES string of the molecule is CCNC(=O)[C@@H]1CCN(Cc2cc3ccc(C)cc3[nH]c2=O)C1. The van der Waals surface area contributed by atoms with Crippen molar-refractivity contribution in [3.05, 3.63) is 45.7 Å². The smallest absolute Gasteiger partial charge is 0.252 e. The molecule has 0 aliphatic carbocycles. The third-order valence-corrected chi connectivity index (χ3v) is 4.47. The van der Waals surface area contributed by atoms with Crippen molar-refractivity contribution in [3.8, 4) is 0 Å². The number of nitrogens with zero attached hydrogens (tertiary/aromatic N) is 1. The number of hydrogen-bond donors (Lipinski definition) is 2. The standard InChI is InChI=1S/C18H23N3O2/c1-3-19-17(22)14-6-7-21(10-14)11-15-9-13-5-4-12(2)8-16(13)20-18(15)23/h4-5,8-9,14H,3,6-7,10-11H2,1-2H3,(H,19,22)(H,20,23)/t14-/m1/s1. The molecule has 0 saturated carbocycles. The maximum absolute atomic E-state index is 12.3. The highest BCUT2D eigenvalue weighted by molar-refractivity contribution is 5.80. The fourth-order valence-corrected chi connectivity index (χ4v) is 3.23. The highest BCUT2D eigenvalue weighted by atomic mass is 16.2. The number of fused-ring (bicyclic) bond motifs is 1. The van der Waals surface area contributed by atoms with E-state index in [9.17, 15) is 9.59 Å². The molecule has 0 unspecified atom stereocenters. The Kier molecular flexibility index (Phi) is 4.48. The van der Waals surface area contributed by atoms with Crippen LogP contribution in [0, 0.1) is 12.8 Å². The predicted octanol–water partition coefficient (Wildman–Crippen LogP) is 1.79. The summed E-state index contributed by atoms with van der Waals surface area (Å²) in [7, 11) is 0. The molecular formula is C18H23N3O2. The van der Waals surface area contributed by atoms with Crippen molar-refractivity contribution in [3.63, 3.8) is 0 Å². The highest BCUT2D eigenvalue weighted by Gasteiger charge is 2.28. The molecule has 2 N–H and O–H groups in total. The van der Waals surface area contributed by atoms with Crippen LogP contribution in [0.2, 0.25) is 0 Å². The average Bonchev–Trinajstić information content (AvgIpc) is 2.97. The molecule has 2 heterocycles. The first-order valence-electron chi connectivity index (χ1n) is 8.19. The lowest BCUT2D eigenvalue weighted by atomic mass is 10.1. The molecule has 0 spiro atoms. The molecule has 1 aliphatic rings. The van der Waals surface area contributed by atoms with Crippen LogP contribution in [0.4, 0.5) is 0 Å². The molecule has 1 aromatic carbocycles. The number of benzene rings is 1. The summed E-state index contributed by atoms with van der Waals surface area (Å²) in [6, 6.07) is 8.03. The molecular weight excluding hydrogens is 290 g/mol. The molecule has 1 aliphatic heterocycles. The molecule has 23 heavy (non-hydrogen) atoms. The van der Waals surface area contributed by atoms with E-state index in [1.165, 1.54) is 0 Å². The fraction of sp³-hybridized carbons (Fsp3) is 0.444. The second-order valence-corrected chi connectivity index (χ2v) is 6.33. The minimum atomic E-state index is -0.0374. The van der Waals surface area contributed by atoms with E-state index >= 15 is 0 Å². The first-order chi connectivity index (χ1) is 11.1. The van der Waals surface area contributed by atoms with E-state index in [0.717, 1.165) is 41.5 Å². The lowest BCUT2D eigenvalue weighted by Crippen LogP contribution is -2.33. The number of amides is 1. The Morgan fingerprint density at radius 2 is 2.22 bits per heavy atom.